The minimum atomic E-state index is -0.724. The minimum Gasteiger partial charge on any atom is -0.494 e. The van der Waals surface area contributed by atoms with Crippen LogP contribution in [0.25, 0.3) is 16.7 Å². The van der Waals surface area contributed by atoms with Gasteiger partial charge >= 0.3 is 5.97 Å². The number of nitrogen functional groups attached to an aromatic ring is 1. The number of nitrogens with two attached hydrogens (primary N) is 1. The molecule has 0 unspecified atom stereocenters. The van der Waals surface area contributed by atoms with Gasteiger partial charge in [-0.1, -0.05) is 0 Å². The summed E-state index contributed by atoms with van der Waals surface area (Å²) in [4.78, 5) is 20.0. The molecule has 3 aromatic rings. The van der Waals surface area contributed by atoms with E-state index in [4.69, 9.17) is 25.7 Å². The van der Waals surface area contributed by atoms with Crippen molar-refractivity contribution < 1.29 is 14.3 Å². The summed E-state index contributed by atoms with van der Waals surface area (Å²) in [5, 5.41) is 31.1. The van der Waals surface area contributed by atoms with Crippen molar-refractivity contribution in [2.24, 2.45) is 0 Å². The molecule has 3 rings (SSSR count). The summed E-state index contributed by atoms with van der Waals surface area (Å²) in [6, 6.07) is 9.72. The smallest absolute Gasteiger partial charge is 0.339 e. The number of carbonyl (C=O) groups is 1. The molecule has 0 atom stereocenters. The maximum atomic E-state index is 12.1. The van der Waals surface area contributed by atoms with Crippen LogP contribution in [0.3, 0.4) is 0 Å². The van der Waals surface area contributed by atoms with Gasteiger partial charge in [-0.25, -0.2) is 14.5 Å². The highest BCUT2D eigenvalue weighted by molar-refractivity contribution is 5.93. The first-order valence-corrected chi connectivity index (χ1v) is 7.63. The molecular formula is C17H10N8O3. The second kappa shape index (κ2) is 7.28. The van der Waals surface area contributed by atoms with Crippen LogP contribution >= 0.6 is 0 Å². The molecule has 11 heteroatoms. The Morgan fingerprint density at radius 3 is 2.68 bits per heavy atom. The van der Waals surface area contributed by atoms with E-state index in [-0.39, 0.29) is 39.6 Å². The highest BCUT2D eigenvalue weighted by Crippen LogP contribution is 2.30. The first-order chi connectivity index (χ1) is 13.5. The normalized spacial score (nSPS) is 9.93. The third-order valence-electron chi connectivity index (χ3n) is 3.66. The Hall–Kier alpha value is -4.69. The average molecular weight is 374 g/mol. The van der Waals surface area contributed by atoms with Crippen molar-refractivity contribution in [1.82, 2.24) is 19.7 Å². The van der Waals surface area contributed by atoms with Crippen LogP contribution in [-0.2, 0) is 4.74 Å². The molecule has 0 aliphatic carbocycles. The predicted molar refractivity (Wildman–Crippen MR) is 92.9 cm³/mol. The number of hydrogen-bond donors (Lipinski definition) is 1. The summed E-state index contributed by atoms with van der Waals surface area (Å²) in [5.41, 5.74) is 6.53. The topological polar surface area (TPSA) is 177 Å². The Morgan fingerprint density at radius 2 is 2.04 bits per heavy atom. The molecule has 0 spiro atoms. The fourth-order valence-electron chi connectivity index (χ4n) is 2.51. The van der Waals surface area contributed by atoms with Crippen molar-refractivity contribution in [2.75, 3.05) is 19.5 Å². The minimum absolute atomic E-state index is 0.0740. The molecule has 28 heavy (non-hydrogen) atoms. The van der Waals surface area contributed by atoms with Gasteiger partial charge in [0.25, 0.3) is 0 Å². The van der Waals surface area contributed by atoms with E-state index in [1.165, 1.54) is 30.0 Å². The van der Waals surface area contributed by atoms with Gasteiger partial charge in [-0.2, -0.15) is 25.9 Å². The lowest BCUT2D eigenvalue weighted by atomic mass is 10.2. The maximum Gasteiger partial charge on any atom is 0.339 e. The molecule has 0 saturated heterocycles. The van der Waals surface area contributed by atoms with Crippen LogP contribution in [0.1, 0.15) is 21.9 Å². The Kier molecular flexibility index (Phi) is 4.71. The fraction of sp³-hybridized carbons (Fsp3) is 0.118. The number of anilines is 1. The number of methoxy groups -OCH3 is 1. The van der Waals surface area contributed by atoms with E-state index in [1.54, 1.807) is 12.1 Å². The highest BCUT2D eigenvalue weighted by atomic mass is 16.5. The number of rotatable bonds is 4. The summed E-state index contributed by atoms with van der Waals surface area (Å²) in [5.74, 6) is -0.690. The van der Waals surface area contributed by atoms with Crippen molar-refractivity contribution in [3.63, 3.8) is 0 Å². The third-order valence-corrected chi connectivity index (χ3v) is 3.66. The first-order valence-electron chi connectivity index (χ1n) is 7.63. The van der Waals surface area contributed by atoms with Crippen LogP contribution < -0.4 is 10.5 Å². The first kappa shape index (κ1) is 18.1. The van der Waals surface area contributed by atoms with Crippen molar-refractivity contribution in [1.29, 1.82) is 15.8 Å². The van der Waals surface area contributed by atoms with E-state index in [0.717, 1.165) is 0 Å². The van der Waals surface area contributed by atoms with Crippen molar-refractivity contribution >= 4 is 22.8 Å². The van der Waals surface area contributed by atoms with Gasteiger partial charge in [-0.05, 0) is 18.2 Å². The van der Waals surface area contributed by atoms with E-state index in [1.807, 2.05) is 6.07 Å². The van der Waals surface area contributed by atoms with Crippen LogP contribution in [-0.4, -0.2) is 39.4 Å². The number of nitrogens with zero attached hydrogens (tertiary/aromatic N) is 7. The largest absolute Gasteiger partial charge is 0.494 e. The van der Waals surface area contributed by atoms with Crippen LogP contribution in [0, 0.1) is 34.0 Å². The van der Waals surface area contributed by atoms with Gasteiger partial charge in [0.1, 0.15) is 40.7 Å². The van der Waals surface area contributed by atoms with E-state index in [9.17, 15) is 10.1 Å². The molecule has 0 aliphatic heterocycles. The van der Waals surface area contributed by atoms with Gasteiger partial charge in [0, 0.05) is 0 Å². The second-order valence-electron chi connectivity index (χ2n) is 5.23. The van der Waals surface area contributed by atoms with Crippen molar-refractivity contribution in [3.05, 3.63) is 35.3 Å². The van der Waals surface area contributed by atoms with Crippen LogP contribution in [0.15, 0.2) is 18.2 Å². The Balaban J connectivity index is 2.28. The van der Waals surface area contributed by atoms with E-state index in [2.05, 4.69) is 15.1 Å². The van der Waals surface area contributed by atoms with Crippen molar-refractivity contribution in [2.45, 2.75) is 0 Å². The quantitative estimate of drug-likeness (QED) is 0.643. The van der Waals surface area contributed by atoms with Gasteiger partial charge in [-0.15, -0.1) is 0 Å². The van der Waals surface area contributed by atoms with Crippen LogP contribution in [0.2, 0.25) is 0 Å². The Morgan fingerprint density at radius 1 is 1.25 bits per heavy atom. The van der Waals surface area contributed by atoms with Gasteiger partial charge in [0.2, 0.25) is 5.82 Å². The molecule has 0 bridgehead atoms. The molecule has 2 heterocycles. The summed E-state index contributed by atoms with van der Waals surface area (Å²) >= 11 is 0. The lowest BCUT2D eigenvalue weighted by molar-refractivity contribution is 0.0555. The fourth-order valence-corrected chi connectivity index (χ4v) is 2.51. The number of aromatic nitrogens is 4. The summed E-state index contributed by atoms with van der Waals surface area (Å²) in [6.07, 6.45) is 0. The zero-order valence-electron chi connectivity index (χ0n) is 14.4. The molecule has 0 saturated carbocycles. The third kappa shape index (κ3) is 2.98. The molecular weight excluding hydrogens is 364 g/mol. The molecule has 0 fully saturated rings. The summed E-state index contributed by atoms with van der Waals surface area (Å²) in [6.45, 7) is -0.402. The monoisotopic (exact) mass is 374 g/mol. The molecule has 0 radical (unpaired) electrons. The molecule has 136 valence electrons. The van der Waals surface area contributed by atoms with Gasteiger partial charge in [0.05, 0.1) is 12.7 Å². The van der Waals surface area contributed by atoms with Crippen molar-refractivity contribution in [3.8, 4) is 29.6 Å². The number of ether oxygens (including phenoxy) is 2. The highest BCUT2D eigenvalue weighted by Gasteiger charge is 2.21. The number of nitriles is 3. The predicted octanol–water partition coefficient (Wildman–Crippen LogP) is 0.830. The van der Waals surface area contributed by atoms with E-state index in [0.29, 0.717) is 5.75 Å². The average Bonchev–Trinajstić information content (AvgIpc) is 3.10. The number of carbonyl (C=O) groups excluding carboxylic acids is 1. The molecule has 1 aromatic carbocycles. The molecule has 0 aliphatic rings. The summed E-state index contributed by atoms with van der Waals surface area (Å²) in [7, 11) is 1.41. The number of fused-ring (bicyclic) bond motifs is 1. The van der Waals surface area contributed by atoms with Gasteiger partial charge < -0.3 is 15.2 Å². The zero-order valence-corrected chi connectivity index (χ0v) is 14.4. The number of benzene rings is 1. The van der Waals surface area contributed by atoms with Gasteiger partial charge in [-0.3, -0.25) is 0 Å². The molecule has 2 aromatic heterocycles. The molecule has 0 amide bonds. The Bertz CT molecular complexity index is 1230. The lowest BCUT2D eigenvalue weighted by Crippen LogP contribution is -2.09. The van der Waals surface area contributed by atoms with E-state index < -0.39 is 12.6 Å². The standard InChI is InChI=1S/C17H10N8O3/c1-27-12-3-2-9(17(26)28-5-4-18)6-11(12)25-15-14(10(7-19)24-25)22-13(8-20)23-16(15)21/h2-3,6H,5H2,1H3,(H2,21,22,23). The Labute approximate surface area is 157 Å². The number of esters is 1. The van der Waals surface area contributed by atoms with E-state index >= 15 is 0 Å². The lowest BCUT2D eigenvalue weighted by Gasteiger charge is -2.11. The van der Waals surface area contributed by atoms with Crippen LogP contribution in [0.4, 0.5) is 5.82 Å². The van der Waals surface area contributed by atoms with Crippen LogP contribution in [0.5, 0.6) is 5.75 Å². The zero-order chi connectivity index (χ0) is 20.3. The van der Waals surface area contributed by atoms with Gasteiger partial charge in [0.15, 0.2) is 18.1 Å². The molecule has 11 nitrogen and oxygen atoms in total. The summed E-state index contributed by atoms with van der Waals surface area (Å²) < 4.78 is 11.4. The SMILES string of the molecule is COc1ccc(C(=O)OCC#N)cc1-n1nc(C#N)c2nc(C#N)nc(N)c21. The molecule has 2 N–H and O–H groups in total. The maximum absolute atomic E-state index is 12.1. The number of hydrogen-bond acceptors (Lipinski definition) is 10. The second-order valence-corrected chi connectivity index (χ2v) is 5.23.